The first-order valence-electron chi connectivity index (χ1n) is 11.3. The van der Waals surface area contributed by atoms with E-state index in [9.17, 15) is 27.2 Å². The molecule has 2 aliphatic rings. The van der Waals surface area contributed by atoms with Crippen LogP contribution < -0.4 is 14.8 Å². The number of para-hydroxylation sites is 1. The molecule has 1 fully saturated rings. The molecule has 0 bridgehead atoms. The number of anilines is 1. The summed E-state index contributed by atoms with van der Waals surface area (Å²) in [4.78, 5) is 31.8. The zero-order valence-corrected chi connectivity index (χ0v) is 20.3. The van der Waals surface area contributed by atoms with E-state index in [2.05, 4.69) is 10.3 Å². The smallest absolute Gasteiger partial charge is 0.416 e. The highest BCUT2D eigenvalue weighted by molar-refractivity contribution is 8.15. The predicted octanol–water partition coefficient (Wildman–Crippen LogP) is 5.73. The first kappa shape index (κ1) is 25.6. The molecule has 1 unspecified atom stereocenters. The maximum Gasteiger partial charge on any atom is 0.416 e. The van der Waals surface area contributed by atoms with E-state index in [0.29, 0.717) is 17.1 Å². The van der Waals surface area contributed by atoms with Crippen LogP contribution in [-0.4, -0.2) is 33.9 Å². The molecule has 2 heterocycles. The van der Waals surface area contributed by atoms with Crippen LogP contribution in [0, 0.1) is 5.82 Å². The molecule has 12 heteroatoms. The number of carbonyl (C=O) groups is 2. The van der Waals surface area contributed by atoms with Gasteiger partial charge in [-0.1, -0.05) is 36.0 Å². The molecule has 38 heavy (non-hydrogen) atoms. The van der Waals surface area contributed by atoms with Gasteiger partial charge in [0.25, 0.3) is 0 Å². The fourth-order valence-electron chi connectivity index (χ4n) is 3.86. The van der Waals surface area contributed by atoms with Gasteiger partial charge < -0.3 is 14.8 Å². The topological polar surface area (TPSA) is 80.2 Å². The molecule has 2 aliphatic heterocycles. The number of amides is 2. The lowest BCUT2D eigenvalue weighted by atomic mass is 10.1. The molecule has 1 atom stereocenters. The zero-order valence-electron chi connectivity index (χ0n) is 19.5. The summed E-state index contributed by atoms with van der Waals surface area (Å²) in [6.07, 6.45) is -4.81. The predicted molar refractivity (Wildman–Crippen MR) is 133 cm³/mol. The molecule has 0 aromatic heterocycles. The Labute approximate surface area is 218 Å². The Hall–Kier alpha value is -4.06. The van der Waals surface area contributed by atoms with Crippen LogP contribution >= 0.6 is 11.8 Å². The monoisotopic (exact) mass is 545 g/mol. The standard InChI is InChI=1S/C26H19F4N3O4S/c27-18-6-1-2-7-19(18)32-24(35)22-12-23(34)33(13-15-8-9-20-21(10-15)37-14-36-20)25(38-22)31-17-5-3-4-16(11-17)26(28,29)30/h1-11,22H,12-14H2,(H,32,35). The average Bonchev–Trinajstić information content (AvgIpc) is 3.35. The van der Waals surface area contributed by atoms with Crippen LogP contribution in [-0.2, 0) is 22.3 Å². The lowest BCUT2D eigenvalue weighted by molar-refractivity contribution is -0.137. The molecule has 0 spiro atoms. The number of hydrogen-bond donors (Lipinski definition) is 1. The van der Waals surface area contributed by atoms with Gasteiger partial charge >= 0.3 is 6.18 Å². The van der Waals surface area contributed by atoms with Crippen molar-refractivity contribution < 1.29 is 36.6 Å². The first-order chi connectivity index (χ1) is 18.2. The number of fused-ring (bicyclic) bond motifs is 1. The van der Waals surface area contributed by atoms with E-state index in [-0.39, 0.29) is 36.3 Å². The van der Waals surface area contributed by atoms with Gasteiger partial charge in [-0.25, -0.2) is 9.38 Å². The SMILES string of the molecule is O=C(Nc1ccccc1F)C1CC(=O)N(Cc2ccc3c(c2)OCO3)C(=Nc2cccc(C(F)(F)F)c2)S1. The Kier molecular flexibility index (Phi) is 6.98. The summed E-state index contributed by atoms with van der Waals surface area (Å²) in [5.74, 6) is -0.696. The van der Waals surface area contributed by atoms with Gasteiger partial charge in [-0.15, -0.1) is 0 Å². The highest BCUT2D eigenvalue weighted by atomic mass is 32.2. The van der Waals surface area contributed by atoms with Crippen LogP contribution in [0.1, 0.15) is 17.5 Å². The molecule has 0 saturated carbocycles. The van der Waals surface area contributed by atoms with Crippen LogP contribution in [0.15, 0.2) is 71.7 Å². The van der Waals surface area contributed by atoms with Crippen LogP contribution in [0.3, 0.4) is 0 Å². The van der Waals surface area contributed by atoms with E-state index >= 15 is 0 Å². The van der Waals surface area contributed by atoms with E-state index in [1.165, 1.54) is 35.2 Å². The fraction of sp³-hybridized carbons (Fsp3) is 0.192. The second-order valence-corrected chi connectivity index (χ2v) is 9.56. The number of amidine groups is 1. The number of thioether (sulfide) groups is 1. The summed E-state index contributed by atoms with van der Waals surface area (Å²) in [5, 5.41) is 1.51. The molecule has 0 radical (unpaired) electrons. The highest BCUT2D eigenvalue weighted by Gasteiger charge is 2.37. The maximum atomic E-state index is 14.1. The summed E-state index contributed by atoms with van der Waals surface area (Å²) in [5.41, 5.74) is -0.331. The molecule has 3 aromatic rings. The van der Waals surface area contributed by atoms with Crippen LogP contribution in [0.2, 0.25) is 0 Å². The second-order valence-electron chi connectivity index (χ2n) is 8.39. The number of aliphatic imine (C=N–C) groups is 1. The van der Waals surface area contributed by atoms with Gasteiger partial charge in [-0.3, -0.25) is 14.5 Å². The minimum Gasteiger partial charge on any atom is -0.454 e. The van der Waals surface area contributed by atoms with Crippen LogP contribution in [0.4, 0.5) is 28.9 Å². The lowest BCUT2D eigenvalue weighted by Gasteiger charge is -2.32. The van der Waals surface area contributed by atoms with Crippen molar-refractivity contribution in [2.75, 3.05) is 12.1 Å². The zero-order chi connectivity index (χ0) is 26.9. The minimum absolute atomic E-state index is 0.0297. The highest BCUT2D eigenvalue weighted by Crippen LogP contribution is 2.36. The normalized spacial score (nSPS) is 18.1. The van der Waals surface area contributed by atoms with Crippen molar-refractivity contribution in [2.24, 2.45) is 4.99 Å². The number of hydrogen-bond acceptors (Lipinski definition) is 6. The van der Waals surface area contributed by atoms with E-state index in [1.54, 1.807) is 24.3 Å². The van der Waals surface area contributed by atoms with E-state index in [1.807, 2.05) is 0 Å². The van der Waals surface area contributed by atoms with Gasteiger partial charge in [-0.2, -0.15) is 13.2 Å². The van der Waals surface area contributed by atoms with Gasteiger partial charge in [0, 0.05) is 6.42 Å². The van der Waals surface area contributed by atoms with Gasteiger partial charge in [0.05, 0.1) is 23.5 Å². The van der Waals surface area contributed by atoms with E-state index in [4.69, 9.17) is 9.47 Å². The maximum absolute atomic E-state index is 14.1. The first-order valence-corrected chi connectivity index (χ1v) is 12.2. The number of ether oxygens (including phenoxy) is 2. The summed E-state index contributed by atoms with van der Waals surface area (Å²) in [7, 11) is 0. The number of nitrogens with one attached hydrogen (secondary N) is 1. The molecule has 1 N–H and O–H groups in total. The van der Waals surface area contributed by atoms with Crippen molar-refractivity contribution >= 4 is 40.1 Å². The molecule has 5 rings (SSSR count). The third-order valence-corrected chi connectivity index (χ3v) is 6.93. The Balaban J connectivity index is 1.45. The van der Waals surface area contributed by atoms with Crippen molar-refractivity contribution in [2.45, 2.75) is 24.4 Å². The Morgan fingerprint density at radius 2 is 1.84 bits per heavy atom. The second kappa shape index (κ2) is 10.4. The summed E-state index contributed by atoms with van der Waals surface area (Å²) >= 11 is 0.913. The summed E-state index contributed by atoms with van der Waals surface area (Å²) in [6, 6.07) is 15.0. The van der Waals surface area contributed by atoms with Crippen LogP contribution in [0.25, 0.3) is 0 Å². The van der Waals surface area contributed by atoms with Crippen molar-refractivity contribution in [1.29, 1.82) is 0 Å². The molecule has 7 nitrogen and oxygen atoms in total. The van der Waals surface area contributed by atoms with Crippen LogP contribution in [0.5, 0.6) is 11.5 Å². The van der Waals surface area contributed by atoms with Gasteiger partial charge in [0.2, 0.25) is 18.6 Å². The molecule has 196 valence electrons. The lowest BCUT2D eigenvalue weighted by Crippen LogP contribution is -2.44. The minimum atomic E-state index is -4.58. The summed E-state index contributed by atoms with van der Waals surface area (Å²) in [6.45, 7) is 0.0975. The number of rotatable bonds is 5. The number of nitrogens with zero attached hydrogens (tertiary/aromatic N) is 2. The number of benzene rings is 3. The third-order valence-electron chi connectivity index (χ3n) is 5.74. The molecule has 1 saturated heterocycles. The third kappa shape index (κ3) is 5.59. The van der Waals surface area contributed by atoms with Gasteiger partial charge in [0.1, 0.15) is 11.1 Å². The molecule has 0 aliphatic carbocycles. The molecule has 2 amide bonds. The van der Waals surface area contributed by atoms with Gasteiger partial charge in [-0.05, 0) is 48.0 Å². The molecule has 3 aromatic carbocycles. The number of carbonyl (C=O) groups excluding carboxylic acids is 2. The Morgan fingerprint density at radius 1 is 1.05 bits per heavy atom. The van der Waals surface area contributed by atoms with Crippen molar-refractivity contribution in [3.63, 3.8) is 0 Å². The average molecular weight is 546 g/mol. The number of alkyl halides is 3. The van der Waals surface area contributed by atoms with Gasteiger partial charge in [0.15, 0.2) is 16.7 Å². The Morgan fingerprint density at radius 3 is 2.63 bits per heavy atom. The van der Waals surface area contributed by atoms with E-state index in [0.717, 1.165) is 23.9 Å². The van der Waals surface area contributed by atoms with Crippen molar-refractivity contribution in [1.82, 2.24) is 4.90 Å². The summed E-state index contributed by atoms with van der Waals surface area (Å²) < 4.78 is 64.5. The quantitative estimate of drug-likeness (QED) is 0.414. The Bertz CT molecular complexity index is 1430. The molecular weight excluding hydrogens is 526 g/mol. The van der Waals surface area contributed by atoms with Crippen molar-refractivity contribution in [3.8, 4) is 11.5 Å². The fourth-order valence-corrected chi connectivity index (χ4v) is 4.95. The number of halogens is 4. The molecular formula is C26H19F4N3O4S. The van der Waals surface area contributed by atoms with E-state index < -0.39 is 34.6 Å². The largest absolute Gasteiger partial charge is 0.454 e. The van der Waals surface area contributed by atoms with Crippen molar-refractivity contribution in [3.05, 3.63) is 83.7 Å².